The molecule has 1 saturated heterocycles. The fourth-order valence-electron chi connectivity index (χ4n) is 3.08. The number of hydrogen-bond acceptors (Lipinski definition) is 4. The van der Waals surface area contributed by atoms with E-state index in [-0.39, 0.29) is 0 Å². The van der Waals surface area contributed by atoms with E-state index in [1.165, 1.54) is 32.4 Å². The van der Waals surface area contributed by atoms with E-state index in [0.29, 0.717) is 13.2 Å². The van der Waals surface area contributed by atoms with Gasteiger partial charge in [0.05, 0.1) is 13.7 Å². The molecule has 26 heavy (non-hydrogen) atoms. The maximum atomic E-state index is 5.70. The normalized spacial score (nSPS) is 15.6. The number of guanidine groups is 1. The summed E-state index contributed by atoms with van der Waals surface area (Å²) in [6, 6.07) is 6.04. The second-order valence-corrected chi connectivity index (χ2v) is 6.59. The molecule has 0 unspecified atom stereocenters. The second-order valence-electron chi connectivity index (χ2n) is 6.59. The van der Waals surface area contributed by atoms with Crippen LogP contribution in [0, 0.1) is 0 Å². The van der Waals surface area contributed by atoms with Crippen LogP contribution in [0.3, 0.4) is 0 Å². The number of nitrogens with zero attached hydrogens (tertiary/aromatic N) is 2. The SMILES string of the molecule is CCCOc1ccc(CNC(=NC)NCCN2CCCCC2)cc1OC. The largest absolute Gasteiger partial charge is 0.493 e. The van der Waals surface area contributed by atoms with Crippen LogP contribution in [0.2, 0.25) is 0 Å². The van der Waals surface area contributed by atoms with Crippen LogP contribution in [0.5, 0.6) is 11.5 Å². The van der Waals surface area contributed by atoms with Gasteiger partial charge >= 0.3 is 0 Å². The van der Waals surface area contributed by atoms with Crippen molar-refractivity contribution in [1.82, 2.24) is 15.5 Å². The molecule has 0 bridgehead atoms. The third-order valence-electron chi connectivity index (χ3n) is 4.54. The Morgan fingerprint density at radius 1 is 1.15 bits per heavy atom. The zero-order chi connectivity index (χ0) is 18.6. The van der Waals surface area contributed by atoms with Gasteiger partial charge in [-0.25, -0.2) is 0 Å². The number of rotatable bonds is 9. The van der Waals surface area contributed by atoms with Crippen molar-refractivity contribution >= 4 is 5.96 Å². The van der Waals surface area contributed by atoms with Crippen molar-refractivity contribution < 1.29 is 9.47 Å². The molecule has 0 spiro atoms. The van der Waals surface area contributed by atoms with Crippen LogP contribution in [-0.4, -0.2) is 57.8 Å². The lowest BCUT2D eigenvalue weighted by Gasteiger charge is -2.26. The highest BCUT2D eigenvalue weighted by atomic mass is 16.5. The molecule has 0 radical (unpaired) electrons. The molecule has 146 valence electrons. The van der Waals surface area contributed by atoms with Crippen molar-refractivity contribution in [2.45, 2.75) is 39.2 Å². The molecule has 0 saturated carbocycles. The van der Waals surface area contributed by atoms with E-state index in [0.717, 1.165) is 42.5 Å². The lowest BCUT2D eigenvalue weighted by atomic mass is 10.1. The monoisotopic (exact) mass is 362 g/mol. The van der Waals surface area contributed by atoms with E-state index in [9.17, 15) is 0 Å². The van der Waals surface area contributed by atoms with Crippen LogP contribution in [-0.2, 0) is 6.54 Å². The van der Waals surface area contributed by atoms with Crippen LogP contribution in [0.15, 0.2) is 23.2 Å². The van der Waals surface area contributed by atoms with Gasteiger partial charge in [0.15, 0.2) is 17.5 Å². The number of methoxy groups -OCH3 is 1. The first-order valence-corrected chi connectivity index (χ1v) is 9.73. The number of hydrogen-bond donors (Lipinski definition) is 2. The Balaban J connectivity index is 1.78. The van der Waals surface area contributed by atoms with Gasteiger partial charge in [0.25, 0.3) is 0 Å². The van der Waals surface area contributed by atoms with Crippen molar-refractivity contribution in [3.05, 3.63) is 23.8 Å². The van der Waals surface area contributed by atoms with E-state index in [4.69, 9.17) is 9.47 Å². The van der Waals surface area contributed by atoms with E-state index >= 15 is 0 Å². The van der Waals surface area contributed by atoms with Gasteiger partial charge in [-0.3, -0.25) is 4.99 Å². The number of likely N-dealkylation sites (tertiary alicyclic amines) is 1. The van der Waals surface area contributed by atoms with Crippen molar-refractivity contribution in [3.8, 4) is 11.5 Å². The Morgan fingerprint density at radius 3 is 2.65 bits per heavy atom. The van der Waals surface area contributed by atoms with Crippen LogP contribution in [0.1, 0.15) is 38.2 Å². The average molecular weight is 363 g/mol. The first-order chi connectivity index (χ1) is 12.8. The molecule has 0 amide bonds. The van der Waals surface area contributed by atoms with Gasteiger partial charge in [-0.1, -0.05) is 19.4 Å². The molecule has 1 aliphatic rings. The molecule has 1 heterocycles. The summed E-state index contributed by atoms with van der Waals surface area (Å²) in [5.41, 5.74) is 1.13. The van der Waals surface area contributed by atoms with E-state index < -0.39 is 0 Å². The number of ether oxygens (including phenoxy) is 2. The Bertz CT molecular complexity index is 557. The summed E-state index contributed by atoms with van der Waals surface area (Å²) in [5, 5.41) is 6.76. The first-order valence-electron chi connectivity index (χ1n) is 9.73. The van der Waals surface area contributed by atoms with Crippen LogP contribution in [0.4, 0.5) is 0 Å². The Kier molecular flexibility index (Phi) is 9.10. The summed E-state index contributed by atoms with van der Waals surface area (Å²) in [6.45, 7) is 7.90. The lowest BCUT2D eigenvalue weighted by molar-refractivity contribution is 0.232. The van der Waals surface area contributed by atoms with Gasteiger partial charge in [0, 0.05) is 26.7 Å². The third kappa shape index (κ3) is 6.75. The van der Waals surface area contributed by atoms with Gasteiger partial charge in [-0.05, 0) is 50.0 Å². The topological polar surface area (TPSA) is 58.1 Å². The summed E-state index contributed by atoms with van der Waals surface area (Å²) in [6.07, 6.45) is 5.00. The highest BCUT2D eigenvalue weighted by Crippen LogP contribution is 2.28. The summed E-state index contributed by atoms with van der Waals surface area (Å²) >= 11 is 0. The van der Waals surface area contributed by atoms with Gasteiger partial charge in [0.2, 0.25) is 0 Å². The van der Waals surface area contributed by atoms with Crippen molar-refractivity contribution in [2.75, 3.05) is 46.9 Å². The smallest absolute Gasteiger partial charge is 0.191 e. The van der Waals surface area contributed by atoms with Crippen molar-refractivity contribution in [1.29, 1.82) is 0 Å². The minimum Gasteiger partial charge on any atom is -0.493 e. The molecular weight excluding hydrogens is 328 g/mol. The molecule has 1 aromatic rings. The van der Waals surface area contributed by atoms with Crippen molar-refractivity contribution in [2.24, 2.45) is 4.99 Å². The van der Waals surface area contributed by atoms with Crippen LogP contribution < -0.4 is 20.1 Å². The molecule has 6 heteroatoms. The molecule has 0 aromatic heterocycles. The molecule has 0 aliphatic carbocycles. The molecule has 1 aromatic carbocycles. The maximum Gasteiger partial charge on any atom is 0.191 e. The molecule has 2 rings (SSSR count). The Hall–Kier alpha value is -1.95. The highest BCUT2D eigenvalue weighted by molar-refractivity contribution is 5.79. The maximum absolute atomic E-state index is 5.70. The molecule has 6 nitrogen and oxygen atoms in total. The molecular formula is C20H34N4O2. The molecule has 1 aliphatic heterocycles. The Morgan fingerprint density at radius 2 is 1.96 bits per heavy atom. The van der Waals surface area contributed by atoms with Crippen LogP contribution in [0.25, 0.3) is 0 Å². The minimum absolute atomic E-state index is 0.688. The summed E-state index contributed by atoms with van der Waals surface area (Å²) in [7, 11) is 3.48. The Labute approximate surface area is 158 Å². The summed E-state index contributed by atoms with van der Waals surface area (Å²) in [4.78, 5) is 6.82. The zero-order valence-electron chi connectivity index (χ0n) is 16.5. The quantitative estimate of drug-likeness (QED) is 0.522. The van der Waals surface area contributed by atoms with E-state index in [1.54, 1.807) is 14.2 Å². The van der Waals surface area contributed by atoms with Gasteiger partial charge in [0.1, 0.15) is 0 Å². The first kappa shape index (κ1) is 20.4. The number of benzene rings is 1. The highest BCUT2D eigenvalue weighted by Gasteiger charge is 2.10. The van der Waals surface area contributed by atoms with Crippen molar-refractivity contribution in [3.63, 3.8) is 0 Å². The summed E-state index contributed by atoms with van der Waals surface area (Å²) in [5.74, 6) is 2.39. The molecule has 0 atom stereocenters. The van der Waals surface area contributed by atoms with E-state index in [1.807, 2.05) is 12.1 Å². The number of piperidine rings is 1. The average Bonchev–Trinajstić information content (AvgIpc) is 2.70. The second kappa shape index (κ2) is 11.6. The predicted octanol–water partition coefficient (Wildman–Crippen LogP) is 2.63. The molecule has 1 fully saturated rings. The standard InChI is InChI=1S/C20H34N4O2/c1-4-14-26-18-9-8-17(15-19(18)25-3)16-23-20(21-2)22-10-13-24-11-6-5-7-12-24/h8-9,15H,4-7,10-14,16H2,1-3H3,(H2,21,22,23). The van der Waals surface area contributed by atoms with Gasteiger partial charge < -0.3 is 25.0 Å². The number of nitrogens with one attached hydrogen (secondary N) is 2. The summed E-state index contributed by atoms with van der Waals surface area (Å²) < 4.78 is 11.1. The minimum atomic E-state index is 0.688. The van der Waals surface area contributed by atoms with E-state index in [2.05, 4.69) is 33.5 Å². The third-order valence-corrected chi connectivity index (χ3v) is 4.54. The van der Waals surface area contributed by atoms with Gasteiger partial charge in [-0.2, -0.15) is 0 Å². The van der Waals surface area contributed by atoms with Crippen LogP contribution >= 0.6 is 0 Å². The molecule has 2 N–H and O–H groups in total. The lowest BCUT2D eigenvalue weighted by Crippen LogP contribution is -2.42. The predicted molar refractivity (Wildman–Crippen MR) is 107 cm³/mol. The fraction of sp³-hybridized carbons (Fsp3) is 0.650. The number of aliphatic imine (C=N–C) groups is 1. The fourth-order valence-corrected chi connectivity index (χ4v) is 3.08. The van der Waals surface area contributed by atoms with Gasteiger partial charge in [-0.15, -0.1) is 0 Å². The zero-order valence-corrected chi connectivity index (χ0v) is 16.5.